The summed E-state index contributed by atoms with van der Waals surface area (Å²) in [5, 5.41) is 13.5. The number of nitrogens with zero attached hydrogens (tertiary/aromatic N) is 4. The molecule has 0 saturated heterocycles. The molecule has 2 rings (SSSR count). The molecule has 0 bridgehead atoms. The van der Waals surface area contributed by atoms with Crippen molar-refractivity contribution < 1.29 is 9.53 Å². The zero-order valence-corrected chi connectivity index (χ0v) is 11.8. The molecule has 2 aromatic heterocycles. The van der Waals surface area contributed by atoms with Gasteiger partial charge in [0, 0.05) is 18.3 Å². The van der Waals surface area contributed by atoms with Crippen molar-refractivity contribution in [2.75, 3.05) is 12.8 Å². The van der Waals surface area contributed by atoms with Crippen LogP contribution < -0.4 is 5.73 Å². The van der Waals surface area contributed by atoms with Crippen LogP contribution in [-0.2, 0) is 22.5 Å². The fourth-order valence-electron chi connectivity index (χ4n) is 1.92. The monoisotopic (exact) mass is 285 g/mol. The van der Waals surface area contributed by atoms with Crippen LogP contribution in [-0.4, -0.2) is 27.8 Å². The van der Waals surface area contributed by atoms with Crippen LogP contribution in [0.1, 0.15) is 18.2 Å². The van der Waals surface area contributed by atoms with E-state index < -0.39 is 0 Å². The summed E-state index contributed by atoms with van der Waals surface area (Å²) in [5.74, 6) is -0.0129. The lowest BCUT2D eigenvalue weighted by molar-refractivity contribution is -0.139. The molecule has 108 valence electrons. The maximum absolute atomic E-state index is 11.2. The number of pyridine rings is 1. The van der Waals surface area contributed by atoms with Gasteiger partial charge in [0.25, 0.3) is 0 Å². The van der Waals surface area contributed by atoms with Gasteiger partial charge in [-0.15, -0.1) is 0 Å². The zero-order chi connectivity index (χ0) is 15.4. The van der Waals surface area contributed by atoms with Gasteiger partial charge < -0.3 is 10.5 Å². The Hall–Kier alpha value is -2.88. The van der Waals surface area contributed by atoms with Crippen molar-refractivity contribution in [1.82, 2.24) is 14.8 Å². The lowest BCUT2D eigenvalue weighted by Gasteiger charge is -2.01. The van der Waals surface area contributed by atoms with Gasteiger partial charge in [0.2, 0.25) is 0 Å². The second kappa shape index (κ2) is 6.05. The molecule has 0 saturated carbocycles. The Kier molecular flexibility index (Phi) is 4.18. The Morgan fingerprint density at radius 3 is 2.81 bits per heavy atom. The molecule has 2 N–H and O–H groups in total. The largest absolute Gasteiger partial charge is 0.469 e. The van der Waals surface area contributed by atoms with Gasteiger partial charge in [0.05, 0.1) is 19.2 Å². The number of methoxy groups -OCH3 is 1. The zero-order valence-electron chi connectivity index (χ0n) is 11.8. The van der Waals surface area contributed by atoms with Crippen molar-refractivity contribution in [3.63, 3.8) is 0 Å². The Labute approximate surface area is 122 Å². The van der Waals surface area contributed by atoms with Gasteiger partial charge in [-0.2, -0.15) is 10.4 Å². The fraction of sp³-hybridized carbons (Fsp3) is 0.286. The molecule has 0 aliphatic carbocycles. The highest BCUT2D eigenvalue weighted by Crippen LogP contribution is 2.26. The smallest absolute Gasteiger partial charge is 0.311 e. The molecule has 0 amide bonds. The van der Waals surface area contributed by atoms with Crippen LogP contribution in [0.3, 0.4) is 0 Å². The van der Waals surface area contributed by atoms with Crippen molar-refractivity contribution in [2.24, 2.45) is 0 Å². The lowest BCUT2D eigenvalue weighted by Crippen LogP contribution is -2.05. The number of nitriles is 1. The van der Waals surface area contributed by atoms with E-state index in [4.69, 9.17) is 5.73 Å². The van der Waals surface area contributed by atoms with E-state index in [1.54, 1.807) is 23.0 Å². The quantitative estimate of drug-likeness (QED) is 0.844. The molecule has 0 aliphatic rings. The van der Waals surface area contributed by atoms with Gasteiger partial charge in [-0.05, 0) is 19.1 Å². The Bertz CT molecular complexity index is 697. The average molecular weight is 285 g/mol. The molecule has 21 heavy (non-hydrogen) atoms. The molecule has 0 fully saturated rings. The third-order valence-electron chi connectivity index (χ3n) is 3.05. The first kappa shape index (κ1) is 14.5. The minimum absolute atomic E-state index is 0.105. The van der Waals surface area contributed by atoms with E-state index >= 15 is 0 Å². The maximum Gasteiger partial charge on any atom is 0.311 e. The molecule has 7 nitrogen and oxygen atoms in total. The number of carbonyl (C=O) groups is 1. The number of hydrogen-bond donors (Lipinski definition) is 1. The van der Waals surface area contributed by atoms with Crippen molar-refractivity contribution in [2.45, 2.75) is 19.9 Å². The van der Waals surface area contributed by atoms with E-state index in [0.717, 1.165) is 0 Å². The minimum atomic E-state index is -0.354. The van der Waals surface area contributed by atoms with Gasteiger partial charge in [-0.3, -0.25) is 9.78 Å². The van der Waals surface area contributed by atoms with Gasteiger partial charge >= 0.3 is 5.97 Å². The summed E-state index contributed by atoms with van der Waals surface area (Å²) in [6.45, 7) is 2.47. The van der Waals surface area contributed by atoms with Crippen LogP contribution >= 0.6 is 0 Å². The molecule has 0 unspecified atom stereocenters. The first-order valence-electron chi connectivity index (χ1n) is 6.39. The number of ether oxygens (including phenoxy) is 1. The van der Waals surface area contributed by atoms with E-state index in [9.17, 15) is 10.1 Å². The van der Waals surface area contributed by atoms with Crippen molar-refractivity contribution in [3.05, 3.63) is 29.6 Å². The van der Waals surface area contributed by atoms with Gasteiger partial charge in [0.1, 0.15) is 23.1 Å². The summed E-state index contributed by atoms with van der Waals surface area (Å²) < 4.78 is 6.15. The van der Waals surface area contributed by atoms with Crippen LogP contribution in [0.15, 0.2) is 18.3 Å². The van der Waals surface area contributed by atoms with E-state index in [0.29, 0.717) is 34.9 Å². The number of esters is 1. The number of anilines is 1. The molecule has 2 aromatic rings. The lowest BCUT2D eigenvalue weighted by atomic mass is 10.1. The van der Waals surface area contributed by atoms with E-state index in [-0.39, 0.29) is 12.4 Å². The van der Waals surface area contributed by atoms with Crippen LogP contribution in [0.4, 0.5) is 5.82 Å². The summed E-state index contributed by atoms with van der Waals surface area (Å²) in [6, 6.07) is 5.52. The van der Waals surface area contributed by atoms with E-state index in [1.807, 2.05) is 6.92 Å². The summed E-state index contributed by atoms with van der Waals surface area (Å²) >= 11 is 0. The normalized spacial score (nSPS) is 10.1. The van der Waals surface area contributed by atoms with Crippen LogP contribution in [0.5, 0.6) is 0 Å². The first-order chi connectivity index (χ1) is 10.1. The summed E-state index contributed by atoms with van der Waals surface area (Å²) in [7, 11) is 1.33. The summed E-state index contributed by atoms with van der Waals surface area (Å²) in [6.07, 6.45) is 1.67. The number of nitrogen functional groups attached to an aromatic ring is 1. The number of aryl methyl sites for hydroxylation is 1. The molecule has 0 radical (unpaired) electrons. The Morgan fingerprint density at radius 2 is 2.29 bits per heavy atom. The number of rotatable bonds is 4. The van der Waals surface area contributed by atoms with E-state index in [1.165, 1.54) is 7.11 Å². The minimum Gasteiger partial charge on any atom is -0.469 e. The first-order valence-corrected chi connectivity index (χ1v) is 6.39. The number of aromatic nitrogens is 3. The second-order valence-corrected chi connectivity index (χ2v) is 4.33. The highest BCUT2D eigenvalue weighted by atomic mass is 16.5. The van der Waals surface area contributed by atoms with Crippen molar-refractivity contribution in [1.29, 1.82) is 5.26 Å². The highest BCUT2D eigenvalue weighted by Gasteiger charge is 2.16. The highest BCUT2D eigenvalue weighted by molar-refractivity contribution is 5.74. The Morgan fingerprint density at radius 1 is 1.52 bits per heavy atom. The summed E-state index contributed by atoms with van der Waals surface area (Å²) in [4.78, 5) is 15.4. The number of hydrogen-bond acceptors (Lipinski definition) is 6. The fourth-order valence-corrected chi connectivity index (χ4v) is 1.92. The van der Waals surface area contributed by atoms with Gasteiger partial charge in [0.15, 0.2) is 0 Å². The molecule has 0 atom stereocenters. The molecular weight excluding hydrogens is 270 g/mol. The predicted molar refractivity (Wildman–Crippen MR) is 76.0 cm³/mol. The topological polar surface area (TPSA) is 107 Å². The summed E-state index contributed by atoms with van der Waals surface area (Å²) in [5.41, 5.74) is 7.97. The molecule has 0 spiro atoms. The molecule has 0 aromatic carbocycles. The predicted octanol–water partition coefficient (Wildman–Crippen LogP) is 1.13. The van der Waals surface area contributed by atoms with Crippen LogP contribution in [0, 0.1) is 11.3 Å². The Balaban J connectivity index is 2.35. The molecular formula is C14H15N5O2. The molecule has 0 aliphatic heterocycles. The van der Waals surface area contributed by atoms with Gasteiger partial charge in [-0.25, -0.2) is 4.68 Å². The SMILES string of the molecule is CCn1nc(-c2ccc(CC(=O)OC)nc2)c(C#N)c1N. The van der Waals surface area contributed by atoms with Crippen LogP contribution in [0.25, 0.3) is 11.3 Å². The molecule has 7 heteroatoms. The average Bonchev–Trinajstić information content (AvgIpc) is 2.83. The second-order valence-electron chi connectivity index (χ2n) is 4.33. The number of nitrogens with two attached hydrogens (primary N) is 1. The third kappa shape index (κ3) is 2.84. The third-order valence-corrected chi connectivity index (χ3v) is 3.05. The van der Waals surface area contributed by atoms with Crippen LogP contribution in [0.2, 0.25) is 0 Å². The number of carbonyl (C=O) groups excluding carboxylic acids is 1. The van der Waals surface area contributed by atoms with Gasteiger partial charge in [-0.1, -0.05) is 0 Å². The van der Waals surface area contributed by atoms with E-state index in [2.05, 4.69) is 20.9 Å². The maximum atomic E-state index is 11.2. The van der Waals surface area contributed by atoms with Crippen molar-refractivity contribution in [3.8, 4) is 17.3 Å². The standard InChI is InChI=1S/C14H15N5O2/c1-3-19-14(16)11(7-15)13(18-19)9-4-5-10(17-8-9)6-12(20)21-2/h4-5,8H,3,6,16H2,1-2H3. The van der Waals surface area contributed by atoms with Crippen molar-refractivity contribution >= 4 is 11.8 Å². The molecule has 2 heterocycles.